The molecule has 0 radical (unpaired) electrons. The molecule has 0 saturated carbocycles. The zero-order chi connectivity index (χ0) is 19.3. The Balaban J connectivity index is 1.55. The van der Waals surface area contributed by atoms with Gasteiger partial charge in [0, 0.05) is 37.4 Å². The molecule has 0 aliphatic carbocycles. The van der Waals surface area contributed by atoms with Crippen LogP contribution in [0.3, 0.4) is 0 Å². The van der Waals surface area contributed by atoms with Gasteiger partial charge in [-0.1, -0.05) is 48.5 Å². The van der Waals surface area contributed by atoms with E-state index in [1.54, 1.807) is 13.2 Å². The lowest BCUT2D eigenvalue weighted by atomic mass is 9.95. The lowest BCUT2D eigenvalue weighted by Crippen LogP contribution is -2.48. The average molecular weight is 374 g/mol. The van der Waals surface area contributed by atoms with E-state index in [0.717, 1.165) is 37.5 Å². The topological polar surface area (TPSA) is 35.9 Å². The first kappa shape index (κ1) is 18.4. The number of rotatable bonds is 5. The maximum Gasteiger partial charge on any atom is 0.120 e. The predicted octanol–water partition coefficient (Wildman–Crippen LogP) is 4.31. The first-order valence-corrected chi connectivity index (χ1v) is 9.72. The summed E-state index contributed by atoms with van der Waals surface area (Å²) in [5.74, 6) is 1.24. The van der Waals surface area contributed by atoms with Gasteiger partial charge in [0.25, 0.3) is 0 Å². The Kier molecular flexibility index (Phi) is 5.49. The van der Waals surface area contributed by atoms with Crippen LogP contribution in [0.5, 0.6) is 11.5 Å². The molecule has 1 atom stereocenters. The second-order valence-electron chi connectivity index (χ2n) is 7.09. The molecule has 4 nitrogen and oxygen atoms in total. The van der Waals surface area contributed by atoms with Crippen molar-refractivity contribution in [3.05, 3.63) is 90.0 Å². The summed E-state index contributed by atoms with van der Waals surface area (Å²) in [5.41, 5.74) is 3.40. The van der Waals surface area contributed by atoms with Crippen molar-refractivity contribution in [2.24, 2.45) is 0 Å². The highest BCUT2D eigenvalue weighted by molar-refractivity contribution is 5.50. The number of methoxy groups -OCH3 is 1. The molecule has 3 aromatic carbocycles. The quantitative estimate of drug-likeness (QED) is 0.722. The summed E-state index contributed by atoms with van der Waals surface area (Å²) >= 11 is 0. The summed E-state index contributed by atoms with van der Waals surface area (Å²) in [4.78, 5) is 4.87. The molecule has 1 heterocycles. The van der Waals surface area contributed by atoms with Gasteiger partial charge >= 0.3 is 0 Å². The number of hydrogen-bond donors (Lipinski definition) is 1. The molecule has 28 heavy (non-hydrogen) atoms. The van der Waals surface area contributed by atoms with Gasteiger partial charge in [-0.2, -0.15) is 0 Å². The van der Waals surface area contributed by atoms with Crippen molar-refractivity contribution in [2.45, 2.75) is 6.04 Å². The lowest BCUT2D eigenvalue weighted by Gasteiger charge is -2.40. The Morgan fingerprint density at radius 3 is 2.07 bits per heavy atom. The first-order valence-electron chi connectivity index (χ1n) is 9.72. The third-order valence-corrected chi connectivity index (χ3v) is 5.46. The van der Waals surface area contributed by atoms with Crippen LogP contribution in [0, 0.1) is 0 Å². The highest BCUT2D eigenvalue weighted by Gasteiger charge is 2.28. The van der Waals surface area contributed by atoms with Crippen molar-refractivity contribution in [3.8, 4) is 11.5 Å². The molecular formula is C24H26N2O2. The SMILES string of the molecule is COc1ccc(N2CCN(C(c3ccccc3)c3ccccc3O)CC2)cc1. The highest BCUT2D eigenvalue weighted by Crippen LogP contribution is 2.35. The summed E-state index contributed by atoms with van der Waals surface area (Å²) in [5, 5.41) is 10.5. The van der Waals surface area contributed by atoms with Crippen molar-refractivity contribution < 1.29 is 9.84 Å². The van der Waals surface area contributed by atoms with Crippen molar-refractivity contribution in [3.63, 3.8) is 0 Å². The molecule has 3 aromatic rings. The molecule has 0 bridgehead atoms. The zero-order valence-electron chi connectivity index (χ0n) is 16.2. The van der Waals surface area contributed by atoms with Crippen molar-refractivity contribution >= 4 is 5.69 Å². The van der Waals surface area contributed by atoms with Crippen LogP contribution in [0.2, 0.25) is 0 Å². The number of nitrogens with zero attached hydrogens (tertiary/aromatic N) is 2. The molecule has 4 rings (SSSR count). The van der Waals surface area contributed by atoms with Gasteiger partial charge in [-0.05, 0) is 35.9 Å². The maximum atomic E-state index is 10.5. The lowest BCUT2D eigenvalue weighted by molar-refractivity contribution is 0.209. The van der Waals surface area contributed by atoms with Crippen LogP contribution in [0.25, 0.3) is 0 Å². The summed E-state index contributed by atoms with van der Waals surface area (Å²) in [7, 11) is 1.69. The molecular weight excluding hydrogens is 348 g/mol. The summed E-state index contributed by atoms with van der Waals surface area (Å²) in [6.07, 6.45) is 0. The molecule has 0 amide bonds. The molecule has 1 aliphatic rings. The van der Waals surface area contributed by atoms with Crippen LogP contribution in [0.4, 0.5) is 5.69 Å². The monoisotopic (exact) mass is 374 g/mol. The van der Waals surface area contributed by atoms with Crippen molar-refractivity contribution in [1.82, 2.24) is 4.90 Å². The Morgan fingerprint density at radius 2 is 1.43 bits per heavy atom. The molecule has 1 unspecified atom stereocenters. The largest absolute Gasteiger partial charge is 0.508 e. The number of benzene rings is 3. The Morgan fingerprint density at radius 1 is 0.786 bits per heavy atom. The number of para-hydroxylation sites is 1. The fourth-order valence-electron chi connectivity index (χ4n) is 3.97. The molecule has 1 fully saturated rings. The summed E-state index contributed by atoms with van der Waals surface area (Å²) in [6.45, 7) is 3.76. The van der Waals surface area contributed by atoms with Gasteiger partial charge < -0.3 is 14.7 Å². The number of phenols is 1. The van der Waals surface area contributed by atoms with Gasteiger partial charge in [0.05, 0.1) is 13.2 Å². The predicted molar refractivity (Wildman–Crippen MR) is 113 cm³/mol. The molecule has 1 aliphatic heterocycles. The van der Waals surface area contributed by atoms with E-state index in [1.165, 1.54) is 11.3 Å². The third kappa shape index (κ3) is 3.82. The summed E-state index contributed by atoms with van der Waals surface area (Å²) in [6, 6.07) is 26.5. The van der Waals surface area contributed by atoms with Crippen molar-refractivity contribution in [2.75, 3.05) is 38.2 Å². The maximum absolute atomic E-state index is 10.5. The summed E-state index contributed by atoms with van der Waals surface area (Å²) < 4.78 is 5.26. The number of hydrogen-bond acceptors (Lipinski definition) is 4. The van der Waals surface area contributed by atoms with Gasteiger partial charge in [0.15, 0.2) is 0 Å². The normalized spacial score (nSPS) is 16.0. The molecule has 0 aromatic heterocycles. The van der Waals surface area contributed by atoms with Crippen LogP contribution in [0.15, 0.2) is 78.9 Å². The zero-order valence-corrected chi connectivity index (χ0v) is 16.2. The number of anilines is 1. The number of aromatic hydroxyl groups is 1. The number of phenolic OH excluding ortho intramolecular Hbond substituents is 1. The molecule has 144 valence electrons. The molecule has 0 spiro atoms. The van der Waals surface area contributed by atoms with E-state index in [2.05, 4.69) is 46.2 Å². The van der Waals surface area contributed by atoms with Gasteiger partial charge in [-0.3, -0.25) is 4.90 Å². The van der Waals surface area contributed by atoms with Crippen LogP contribution in [-0.4, -0.2) is 43.3 Å². The number of ether oxygens (including phenoxy) is 1. The molecule has 1 N–H and O–H groups in total. The number of piperazine rings is 1. The van der Waals surface area contributed by atoms with Gasteiger partial charge in [0.1, 0.15) is 11.5 Å². The minimum absolute atomic E-state index is 0.0559. The Hall–Kier alpha value is -2.98. The fraction of sp³-hybridized carbons (Fsp3) is 0.250. The van der Waals surface area contributed by atoms with Crippen LogP contribution < -0.4 is 9.64 Å². The first-order chi connectivity index (χ1) is 13.8. The molecule has 1 saturated heterocycles. The van der Waals surface area contributed by atoms with Crippen LogP contribution in [-0.2, 0) is 0 Å². The Bertz CT molecular complexity index is 888. The average Bonchev–Trinajstić information content (AvgIpc) is 2.77. The Labute approximate surface area is 166 Å². The van der Waals surface area contributed by atoms with Gasteiger partial charge in [-0.25, -0.2) is 0 Å². The standard InChI is InChI=1S/C24H26N2O2/c1-28-21-13-11-20(12-14-21)25-15-17-26(18-16-25)24(19-7-3-2-4-8-19)22-9-5-6-10-23(22)27/h2-14,24,27H,15-18H2,1H3. The van der Waals surface area contributed by atoms with Gasteiger partial charge in [-0.15, -0.1) is 0 Å². The molecule has 4 heteroatoms. The minimum Gasteiger partial charge on any atom is -0.508 e. The van der Waals surface area contributed by atoms with E-state index in [0.29, 0.717) is 5.75 Å². The van der Waals surface area contributed by atoms with E-state index in [4.69, 9.17) is 4.74 Å². The second kappa shape index (κ2) is 8.36. The third-order valence-electron chi connectivity index (χ3n) is 5.46. The van der Waals surface area contributed by atoms with E-state index < -0.39 is 0 Å². The fourth-order valence-corrected chi connectivity index (χ4v) is 3.97. The van der Waals surface area contributed by atoms with Crippen LogP contribution in [0.1, 0.15) is 17.2 Å². The van der Waals surface area contributed by atoms with E-state index >= 15 is 0 Å². The smallest absolute Gasteiger partial charge is 0.120 e. The minimum atomic E-state index is 0.0559. The van der Waals surface area contributed by atoms with E-state index in [1.807, 2.05) is 36.4 Å². The van der Waals surface area contributed by atoms with Crippen LogP contribution >= 0.6 is 0 Å². The van der Waals surface area contributed by atoms with Gasteiger partial charge in [0.2, 0.25) is 0 Å². The van der Waals surface area contributed by atoms with Crippen molar-refractivity contribution in [1.29, 1.82) is 0 Å². The van der Waals surface area contributed by atoms with E-state index in [9.17, 15) is 5.11 Å². The second-order valence-corrected chi connectivity index (χ2v) is 7.09. The van der Waals surface area contributed by atoms with E-state index in [-0.39, 0.29) is 6.04 Å². The highest BCUT2D eigenvalue weighted by atomic mass is 16.5.